The molecule has 0 aromatic carbocycles. The SMILES string of the molecule is CCC1(C)CCN(c2nc(Br)cs2)CC1. The Labute approximate surface area is 104 Å². The van der Waals surface area contributed by atoms with E-state index in [4.69, 9.17) is 0 Å². The molecule has 0 N–H and O–H groups in total. The van der Waals surface area contributed by atoms with Gasteiger partial charge in [0.2, 0.25) is 0 Å². The van der Waals surface area contributed by atoms with Gasteiger partial charge < -0.3 is 4.90 Å². The van der Waals surface area contributed by atoms with E-state index in [0.717, 1.165) is 17.7 Å². The molecule has 2 nitrogen and oxygen atoms in total. The van der Waals surface area contributed by atoms with E-state index in [9.17, 15) is 0 Å². The van der Waals surface area contributed by atoms with Crippen LogP contribution in [0.2, 0.25) is 0 Å². The molecule has 0 atom stereocenters. The van der Waals surface area contributed by atoms with E-state index in [1.807, 2.05) is 0 Å². The van der Waals surface area contributed by atoms with Crippen LogP contribution in [-0.4, -0.2) is 18.1 Å². The van der Waals surface area contributed by atoms with Crippen LogP contribution in [0.25, 0.3) is 0 Å². The monoisotopic (exact) mass is 288 g/mol. The summed E-state index contributed by atoms with van der Waals surface area (Å²) in [5.41, 5.74) is 0.561. The molecule has 0 radical (unpaired) electrons. The molecular weight excluding hydrogens is 272 g/mol. The fourth-order valence-electron chi connectivity index (χ4n) is 1.98. The predicted octanol–water partition coefficient (Wildman–Crippen LogP) is 3.92. The molecule has 1 aliphatic rings. The van der Waals surface area contributed by atoms with Crippen LogP contribution in [0.1, 0.15) is 33.1 Å². The average molecular weight is 289 g/mol. The molecule has 15 heavy (non-hydrogen) atoms. The van der Waals surface area contributed by atoms with Crippen molar-refractivity contribution in [2.45, 2.75) is 33.1 Å². The molecule has 0 aliphatic carbocycles. The Morgan fingerprint density at radius 1 is 1.53 bits per heavy atom. The zero-order valence-electron chi connectivity index (χ0n) is 9.29. The van der Waals surface area contributed by atoms with Gasteiger partial charge in [-0.1, -0.05) is 20.3 Å². The average Bonchev–Trinajstić information content (AvgIpc) is 2.66. The van der Waals surface area contributed by atoms with Crippen LogP contribution in [-0.2, 0) is 0 Å². The van der Waals surface area contributed by atoms with E-state index in [1.54, 1.807) is 11.3 Å². The highest BCUT2D eigenvalue weighted by Gasteiger charge is 2.29. The first-order valence-corrected chi connectivity index (χ1v) is 7.16. The summed E-state index contributed by atoms with van der Waals surface area (Å²) in [7, 11) is 0. The largest absolute Gasteiger partial charge is 0.348 e. The highest BCUT2D eigenvalue weighted by atomic mass is 79.9. The van der Waals surface area contributed by atoms with Crippen molar-refractivity contribution in [1.29, 1.82) is 0 Å². The fourth-order valence-corrected chi connectivity index (χ4v) is 3.29. The van der Waals surface area contributed by atoms with Crippen molar-refractivity contribution in [2.24, 2.45) is 5.41 Å². The molecule has 0 spiro atoms. The van der Waals surface area contributed by atoms with Crippen LogP contribution >= 0.6 is 27.3 Å². The van der Waals surface area contributed by atoms with Gasteiger partial charge in [0, 0.05) is 18.5 Å². The van der Waals surface area contributed by atoms with E-state index in [2.05, 4.69) is 45.0 Å². The topological polar surface area (TPSA) is 16.1 Å². The number of anilines is 1. The number of nitrogens with zero attached hydrogens (tertiary/aromatic N) is 2. The Kier molecular flexibility index (Phi) is 3.36. The first-order valence-electron chi connectivity index (χ1n) is 5.49. The van der Waals surface area contributed by atoms with E-state index >= 15 is 0 Å². The van der Waals surface area contributed by atoms with Crippen LogP contribution in [0, 0.1) is 5.41 Å². The molecule has 1 aromatic rings. The third-order valence-electron chi connectivity index (χ3n) is 3.56. The van der Waals surface area contributed by atoms with Gasteiger partial charge >= 0.3 is 0 Å². The van der Waals surface area contributed by atoms with E-state index < -0.39 is 0 Å². The maximum Gasteiger partial charge on any atom is 0.186 e. The van der Waals surface area contributed by atoms with Crippen molar-refractivity contribution >= 4 is 32.4 Å². The molecule has 84 valence electrons. The van der Waals surface area contributed by atoms with Crippen LogP contribution in [0.3, 0.4) is 0 Å². The zero-order valence-corrected chi connectivity index (χ0v) is 11.7. The number of hydrogen-bond acceptors (Lipinski definition) is 3. The van der Waals surface area contributed by atoms with Crippen molar-refractivity contribution in [1.82, 2.24) is 4.98 Å². The van der Waals surface area contributed by atoms with Crippen molar-refractivity contribution in [3.05, 3.63) is 9.98 Å². The first-order chi connectivity index (χ1) is 7.13. The van der Waals surface area contributed by atoms with E-state index in [1.165, 1.54) is 24.4 Å². The lowest BCUT2D eigenvalue weighted by Gasteiger charge is -2.38. The second-order valence-corrected chi connectivity index (χ2v) is 6.25. The smallest absolute Gasteiger partial charge is 0.186 e. The van der Waals surface area contributed by atoms with Crippen LogP contribution in [0.4, 0.5) is 5.13 Å². The van der Waals surface area contributed by atoms with Gasteiger partial charge in [-0.3, -0.25) is 0 Å². The summed E-state index contributed by atoms with van der Waals surface area (Å²) in [6, 6.07) is 0. The minimum absolute atomic E-state index is 0.561. The maximum absolute atomic E-state index is 4.47. The molecule has 2 heterocycles. The molecule has 2 rings (SSSR count). The van der Waals surface area contributed by atoms with E-state index in [-0.39, 0.29) is 0 Å². The summed E-state index contributed by atoms with van der Waals surface area (Å²) >= 11 is 5.14. The Bertz CT molecular complexity index is 329. The highest BCUT2D eigenvalue weighted by molar-refractivity contribution is 9.10. The summed E-state index contributed by atoms with van der Waals surface area (Å²) in [6.45, 7) is 7.02. The van der Waals surface area contributed by atoms with Gasteiger partial charge in [0.1, 0.15) is 4.60 Å². The van der Waals surface area contributed by atoms with Crippen LogP contribution < -0.4 is 4.90 Å². The zero-order chi connectivity index (χ0) is 10.9. The maximum atomic E-state index is 4.47. The van der Waals surface area contributed by atoms with Gasteiger partial charge in [-0.25, -0.2) is 4.98 Å². The third-order valence-corrected chi connectivity index (χ3v) is 5.17. The fraction of sp³-hybridized carbons (Fsp3) is 0.727. The normalized spacial score (nSPS) is 20.6. The number of halogens is 1. The summed E-state index contributed by atoms with van der Waals surface area (Å²) < 4.78 is 0.964. The second kappa shape index (κ2) is 4.42. The molecule has 1 fully saturated rings. The van der Waals surface area contributed by atoms with Gasteiger partial charge in [0.25, 0.3) is 0 Å². The lowest BCUT2D eigenvalue weighted by Crippen LogP contribution is -2.38. The first kappa shape index (κ1) is 11.4. The van der Waals surface area contributed by atoms with Crippen molar-refractivity contribution in [3.63, 3.8) is 0 Å². The molecular formula is C11H17BrN2S. The molecule has 1 saturated heterocycles. The lowest BCUT2D eigenvalue weighted by molar-refractivity contribution is 0.238. The second-order valence-electron chi connectivity index (χ2n) is 4.60. The molecule has 0 amide bonds. The highest BCUT2D eigenvalue weighted by Crippen LogP contribution is 2.36. The molecule has 4 heteroatoms. The minimum Gasteiger partial charge on any atom is -0.348 e. The molecule has 0 bridgehead atoms. The quantitative estimate of drug-likeness (QED) is 0.820. The number of rotatable bonds is 2. The van der Waals surface area contributed by atoms with Gasteiger partial charge in [0.05, 0.1) is 0 Å². The number of piperidine rings is 1. The molecule has 0 saturated carbocycles. The summed E-state index contributed by atoms with van der Waals surface area (Å²) in [6.07, 6.45) is 3.88. The van der Waals surface area contributed by atoms with E-state index in [0.29, 0.717) is 5.41 Å². The molecule has 0 unspecified atom stereocenters. The summed E-state index contributed by atoms with van der Waals surface area (Å²) in [4.78, 5) is 6.88. The Balaban J connectivity index is 1.99. The standard InChI is InChI=1S/C11H17BrN2S/c1-3-11(2)4-6-14(7-5-11)10-13-9(12)8-15-10/h8H,3-7H2,1-2H3. The Morgan fingerprint density at radius 2 is 2.20 bits per heavy atom. The number of hydrogen-bond donors (Lipinski definition) is 0. The Hall–Kier alpha value is -0.0900. The van der Waals surface area contributed by atoms with Gasteiger partial charge in [-0.15, -0.1) is 11.3 Å². The van der Waals surface area contributed by atoms with Gasteiger partial charge in [0.15, 0.2) is 5.13 Å². The molecule has 1 aromatic heterocycles. The Morgan fingerprint density at radius 3 is 2.67 bits per heavy atom. The van der Waals surface area contributed by atoms with Gasteiger partial charge in [-0.05, 0) is 34.2 Å². The van der Waals surface area contributed by atoms with Gasteiger partial charge in [-0.2, -0.15) is 0 Å². The minimum atomic E-state index is 0.561. The summed E-state index contributed by atoms with van der Waals surface area (Å²) in [5.74, 6) is 0. The lowest BCUT2D eigenvalue weighted by atomic mass is 9.78. The number of aromatic nitrogens is 1. The third kappa shape index (κ3) is 2.53. The van der Waals surface area contributed by atoms with Crippen molar-refractivity contribution in [2.75, 3.05) is 18.0 Å². The predicted molar refractivity (Wildman–Crippen MR) is 69.7 cm³/mol. The molecule has 1 aliphatic heterocycles. The van der Waals surface area contributed by atoms with Crippen molar-refractivity contribution in [3.8, 4) is 0 Å². The summed E-state index contributed by atoms with van der Waals surface area (Å²) in [5, 5.41) is 3.23. The number of thiazole rings is 1. The van der Waals surface area contributed by atoms with Crippen LogP contribution in [0.15, 0.2) is 9.98 Å². The van der Waals surface area contributed by atoms with Crippen LogP contribution in [0.5, 0.6) is 0 Å². The van der Waals surface area contributed by atoms with Crippen molar-refractivity contribution < 1.29 is 0 Å².